The monoisotopic (exact) mass is 353 g/mol. The lowest BCUT2D eigenvalue weighted by Crippen LogP contribution is -2.46. The summed E-state index contributed by atoms with van der Waals surface area (Å²) in [6.07, 6.45) is 1.11. The van der Waals surface area contributed by atoms with E-state index in [-0.39, 0.29) is 27.4 Å². The number of sulfone groups is 1. The first-order valence-corrected chi connectivity index (χ1v) is 10.1. The molecule has 0 amide bonds. The average molecular weight is 353 g/mol. The molecule has 2 aromatic rings. The van der Waals surface area contributed by atoms with Crippen molar-refractivity contribution in [1.29, 1.82) is 0 Å². The summed E-state index contributed by atoms with van der Waals surface area (Å²) in [6.45, 7) is 4.69. The summed E-state index contributed by atoms with van der Waals surface area (Å²) in [4.78, 5) is 4.28. The van der Waals surface area contributed by atoms with Crippen LogP contribution in [-0.4, -0.2) is 43.1 Å². The Labute approximate surface area is 139 Å². The molecule has 2 fully saturated rings. The van der Waals surface area contributed by atoms with Gasteiger partial charge in [0.2, 0.25) is 14.2 Å². The zero-order valence-corrected chi connectivity index (χ0v) is 14.7. The van der Waals surface area contributed by atoms with Crippen molar-refractivity contribution in [3.8, 4) is 0 Å². The van der Waals surface area contributed by atoms with E-state index in [1.165, 1.54) is 11.3 Å². The molecule has 5 nitrogen and oxygen atoms in total. The van der Waals surface area contributed by atoms with Crippen molar-refractivity contribution in [2.24, 2.45) is 0 Å². The van der Waals surface area contributed by atoms with Gasteiger partial charge in [-0.3, -0.25) is 0 Å². The molecule has 0 aliphatic carbocycles. The van der Waals surface area contributed by atoms with Crippen LogP contribution < -0.4 is 0 Å². The molecule has 0 N–H and O–H groups in total. The highest BCUT2D eigenvalue weighted by atomic mass is 32.2. The second-order valence-corrected chi connectivity index (χ2v) is 10.3. The number of thiazole rings is 1. The molecule has 3 heterocycles. The van der Waals surface area contributed by atoms with E-state index in [0.29, 0.717) is 13.0 Å². The predicted octanol–water partition coefficient (Wildman–Crippen LogP) is 2.80. The van der Waals surface area contributed by atoms with Crippen molar-refractivity contribution in [2.75, 3.05) is 12.4 Å². The van der Waals surface area contributed by atoms with Crippen LogP contribution in [0.25, 0.3) is 10.2 Å². The zero-order valence-electron chi connectivity index (χ0n) is 13.1. The molecule has 2 unspecified atom stereocenters. The smallest absolute Gasteiger partial charge is 0.210 e. The summed E-state index contributed by atoms with van der Waals surface area (Å²) < 4.78 is 38.1. The lowest BCUT2D eigenvalue weighted by molar-refractivity contribution is -0.121. The van der Waals surface area contributed by atoms with E-state index in [1.54, 1.807) is 0 Å². The Kier molecular flexibility index (Phi) is 3.36. The maximum absolute atomic E-state index is 12.7. The van der Waals surface area contributed by atoms with Gasteiger partial charge >= 0.3 is 0 Å². The van der Waals surface area contributed by atoms with Crippen LogP contribution in [0.4, 0.5) is 0 Å². The van der Waals surface area contributed by atoms with E-state index < -0.39 is 9.84 Å². The van der Waals surface area contributed by atoms with Gasteiger partial charge in [-0.25, -0.2) is 13.4 Å². The highest BCUT2D eigenvalue weighted by molar-refractivity contribution is 7.93. The molecule has 2 saturated heterocycles. The van der Waals surface area contributed by atoms with E-state index in [2.05, 4.69) is 4.98 Å². The van der Waals surface area contributed by atoms with E-state index in [1.807, 2.05) is 38.1 Å². The fraction of sp³-hybridized carbons (Fsp3) is 0.562. The largest absolute Gasteiger partial charge is 0.371 e. The van der Waals surface area contributed by atoms with Crippen LogP contribution in [0.15, 0.2) is 28.6 Å². The number of nitrogens with zero attached hydrogens (tertiary/aromatic N) is 1. The summed E-state index contributed by atoms with van der Waals surface area (Å²) in [7, 11) is -3.47. The molecule has 7 heteroatoms. The van der Waals surface area contributed by atoms with Gasteiger partial charge in [0.25, 0.3) is 0 Å². The van der Waals surface area contributed by atoms with Crippen molar-refractivity contribution < 1.29 is 17.9 Å². The van der Waals surface area contributed by atoms with E-state index in [4.69, 9.17) is 9.47 Å². The van der Waals surface area contributed by atoms with Crippen LogP contribution in [0.5, 0.6) is 0 Å². The molecule has 2 atom stereocenters. The molecule has 2 aliphatic heterocycles. The van der Waals surface area contributed by atoms with E-state index in [0.717, 1.165) is 16.6 Å². The van der Waals surface area contributed by atoms with Crippen LogP contribution in [0.1, 0.15) is 26.7 Å². The van der Waals surface area contributed by atoms with Gasteiger partial charge < -0.3 is 9.47 Å². The molecule has 0 saturated carbocycles. The van der Waals surface area contributed by atoms with Gasteiger partial charge in [-0.15, -0.1) is 11.3 Å². The second-order valence-electron chi connectivity index (χ2n) is 7.08. The lowest BCUT2D eigenvalue weighted by atomic mass is 9.86. The summed E-state index contributed by atoms with van der Waals surface area (Å²) >= 11 is 1.22. The van der Waals surface area contributed by atoms with Crippen LogP contribution >= 0.6 is 11.3 Å². The molecule has 2 aliphatic rings. The van der Waals surface area contributed by atoms with E-state index in [9.17, 15) is 8.42 Å². The third kappa shape index (κ3) is 3.03. The zero-order chi connectivity index (χ0) is 16.3. The topological polar surface area (TPSA) is 68.8 Å². The number of para-hydroxylation sites is 1. The third-order valence-electron chi connectivity index (χ3n) is 4.33. The number of rotatable bonds is 3. The summed E-state index contributed by atoms with van der Waals surface area (Å²) in [5.41, 5.74) is 0.195. The maximum atomic E-state index is 12.7. The fourth-order valence-electron chi connectivity index (χ4n) is 3.51. The van der Waals surface area contributed by atoms with Gasteiger partial charge in [0.05, 0.1) is 39.9 Å². The molecular weight excluding hydrogens is 334 g/mol. The first-order chi connectivity index (χ1) is 10.8. The Morgan fingerprint density at radius 3 is 2.78 bits per heavy atom. The Hall–Kier alpha value is -1.02. The molecule has 0 radical (unpaired) electrons. The number of hydrogen-bond acceptors (Lipinski definition) is 6. The molecule has 1 spiro atoms. The summed E-state index contributed by atoms with van der Waals surface area (Å²) in [6, 6.07) is 7.47. The van der Waals surface area contributed by atoms with Gasteiger partial charge in [-0.05, 0) is 26.0 Å². The number of hydrogen-bond donors (Lipinski definition) is 0. The lowest BCUT2D eigenvalue weighted by Gasteiger charge is -2.39. The minimum atomic E-state index is -3.47. The Bertz CT molecular complexity index is 813. The normalized spacial score (nSPS) is 29.9. The quantitative estimate of drug-likeness (QED) is 0.794. The number of aromatic nitrogens is 1. The van der Waals surface area contributed by atoms with Crippen LogP contribution in [0.3, 0.4) is 0 Å². The van der Waals surface area contributed by atoms with Crippen molar-refractivity contribution in [1.82, 2.24) is 4.98 Å². The number of fused-ring (bicyclic) bond motifs is 1. The van der Waals surface area contributed by atoms with E-state index >= 15 is 0 Å². The molecule has 0 bridgehead atoms. The minimum absolute atomic E-state index is 0.0403. The molecule has 124 valence electrons. The number of ether oxygens (including phenoxy) is 2. The Morgan fingerprint density at radius 2 is 2.09 bits per heavy atom. The summed E-state index contributed by atoms with van der Waals surface area (Å²) in [5, 5.41) is 0. The van der Waals surface area contributed by atoms with Crippen LogP contribution in [0.2, 0.25) is 0 Å². The minimum Gasteiger partial charge on any atom is -0.371 e. The van der Waals surface area contributed by atoms with Gasteiger partial charge in [0.1, 0.15) is 0 Å². The molecule has 1 aromatic carbocycles. The van der Waals surface area contributed by atoms with Gasteiger partial charge in [-0.1, -0.05) is 12.1 Å². The number of benzene rings is 1. The maximum Gasteiger partial charge on any atom is 0.210 e. The van der Waals surface area contributed by atoms with Crippen molar-refractivity contribution >= 4 is 31.4 Å². The second kappa shape index (κ2) is 4.99. The molecule has 1 aromatic heterocycles. The predicted molar refractivity (Wildman–Crippen MR) is 88.5 cm³/mol. The first-order valence-electron chi connectivity index (χ1n) is 7.67. The van der Waals surface area contributed by atoms with Gasteiger partial charge in [0.15, 0.2) is 0 Å². The summed E-state index contributed by atoms with van der Waals surface area (Å²) in [5.74, 6) is -0.0403. The third-order valence-corrected chi connectivity index (χ3v) is 7.61. The molecular formula is C16H19NO4S2. The fourth-order valence-corrected chi connectivity index (χ4v) is 6.25. The van der Waals surface area contributed by atoms with Crippen molar-refractivity contribution in [3.63, 3.8) is 0 Å². The standard InChI is InChI=1S/C16H19NO4S2/c1-15(2)9-16(10-20-16)7-11(21-15)8-23(18,19)14-17-12-5-3-4-6-13(12)22-14/h3-6,11H,7-10H2,1-2H3. The van der Waals surface area contributed by atoms with Crippen molar-refractivity contribution in [3.05, 3.63) is 24.3 Å². The van der Waals surface area contributed by atoms with Crippen LogP contribution in [0, 0.1) is 0 Å². The SMILES string of the molecule is CC1(C)CC2(CO2)CC(CS(=O)(=O)c2nc3ccccc3s2)O1. The highest BCUT2D eigenvalue weighted by Gasteiger charge is 2.54. The average Bonchev–Trinajstić information content (AvgIpc) is 3.01. The van der Waals surface area contributed by atoms with Crippen LogP contribution in [-0.2, 0) is 19.3 Å². The number of epoxide rings is 1. The Balaban J connectivity index is 1.59. The first kappa shape index (κ1) is 15.5. The van der Waals surface area contributed by atoms with Gasteiger partial charge in [0, 0.05) is 12.8 Å². The Morgan fingerprint density at radius 1 is 1.35 bits per heavy atom. The molecule has 23 heavy (non-hydrogen) atoms. The highest BCUT2D eigenvalue weighted by Crippen LogP contribution is 2.46. The van der Waals surface area contributed by atoms with Gasteiger partial charge in [-0.2, -0.15) is 0 Å². The molecule has 4 rings (SSSR count). The van der Waals surface area contributed by atoms with Crippen molar-refractivity contribution in [2.45, 2.75) is 48.3 Å².